The van der Waals surface area contributed by atoms with Crippen molar-refractivity contribution in [1.82, 2.24) is 16.0 Å². The van der Waals surface area contributed by atoms with Gasteiger partial charge in [0.2, 0.25) is 17.7 Å². The first-order chi connectivity index (χ1) is 19.8. The van der Waals surface area contributed by atoms with E-state index in [0.29, 0.717) is 31.4 Å². The molecule has 0 heterocycles. The molecule has 1 aromatic rings. The number of phenolic OH excluding ortho intramolecular Hbond substituents is 1. The van der Waals surface area contributed by atoms with Crippen LogP contribution in [0.5, 0.6) is 5.75 Å². The molecule has 0 aliphatic carbocycles. The quantitative estimate of drug-likeness (QED) is 0.0439. The van der Waals surface area contributed by atoms with Crippen LogP contribution in [0.2, 0.25) is 0 Å². The standard InChI is InChI=1S/C26H42N8O8/c27-12-2-1-5-18(32-22(38)17(28)4-3-13-31-26(29)30)23(39)33-19(10-11-21(36)37)24(40)34-20(25(41)42)14-15-6-8-16(35)9-7-15/h6-9,17-20,35H,1-5,10-14,27-28H2,(H,32,38)(H,33,39)(H,34,40)(H,36,37)(H,41,42)(H4,29,30,31). The zero-order chi connectivity index (χ0) is 31.7. The van der Waals surface area contributed by atoms with Gasteiger partial charge in [-0.3, -0.25) is 24.2 Å². The second-order valence-corrected chi connectivity index (χ2v) is 9.66. The van der Waals surface area contributed by atoms with Crippen LogP contribution in [0, 0.1) is 0 Å². The number of aromatic hydroxyl groups is 1. The van der Waals surface area contributed by atoms with Gasteiger partial charge in [-0.2, -0.15) is 0 Å². The van der Waals surface area contributed by atoms with Crippen molar-refractivity contribution < 1.29 is 39.3 Å². The van der Waals surface area contributed by atoms with E-state index in [2.05, 4.69) is 20.9 Å². The minimum Gasteiger partial charge on any atom is -0.508 e. The molecule has 42 heavy (non-hydrogen) atoms. The third-order valence-corrected chi connectivity index (χ3v) is 6.15. The number of nitrogens with two attached hydrogens (primary N) is 4. The van der Waals surface area contributed by atoms with Crippen LogP contribution in [-0.2, 0) is 30.4 Å². The molecule has 0 spiro atoms. The van der Waals surface area contributed by atoms with Crippen molar-refractivity contribution in [3.8, 4) is 5.75 Å². The van der Waals surface area contributed by atoms with Crippen LogP contribution in [0.4, 0.5) is 0 Å². The van der Waals surface area contributed by atoms with E-state index in [-0.39, 0.29) is 43.9 Å². The lowest BCUT2D eigenvalue weighted by molar-refractivity contribution is -0.143. The monoisotopic (exact) mass is 594 g/mol. The Bertz CT molecular complexity index is 1080. The van der Waals surface area contributed by atoms with E-state index in [0.717, 1.165) is 0 Å². The van der Waals surface area contributed by atoms with Gasteiger partial charge in [0.1, 0.15) is 23.9 Å². The van der Waals surface area contributed by atoms with Crippen molar-refractivity contribution in [1.29, 1.82) is 0 Å². The number of carboxylic acid groups (broad SMARTS) is 2. The van der Waals surface area contributed by atoms with Crippen LogP contribution in [0.15, 0.2) is 29.3 Å². The summed E-state index contributed by atoms with van der Waals surface area (Å²) in [7, 11) is 0. The van der Waals surface area contributed by atoms with Crippen molar-refractivity contribution >= 4 is 35.6 Å². The first kappa shape index (κ1) is 35.6. The molecular weight excluding hydrogens is 552 g/mol. The number of guanidine groups is 1. The molecule has 0 saturated heterocycles. The fourth-order valence-corrected chi connectivity index (χ4v) is 3.84. The van der Waals surface area contributed by atoms with Gasteiger partial charge >= 0.3 is 11.9 Å². The Kier molecular flexibility index (Phi) is 15.9. The van der Waals surface area contributed by atoms with E-state index in [1.807, 2.05) is 0 Å². The molecule has 0 aliphatic rings. The number of unbranched alkanes of at least 4 members (excludes halogenated alkanes) is 1. The molecule has 1 rings (SSSR count). The van der Waals surface area contributed by atoms with Crippen LogP contribution in [0.1, 0.15) is 50.5 Å². The number of carbonyl (C=O) groups is 5. The summed E-state index contributed by atoms with van der Waals surface area (Å²) in [4.78, 5) is 65.9. The lowest BCUT2D eigenvalue weighted by atomic mass is 10.0. The summed E-state index contributed by atoms with van der Waals surface area (Å²) in [5.74, 6) is -5.03. The summed E-state index contributed by atoms with van der Waals surface area (Å²) in [6, 6.07) is 0.761. The Hall–Kier alpha value is -4.44. The Morgan fingerprint density at radius 1 is 0.786 bits per heavy atom. The van der Waals surface area contributed by atoms with Gasteiger partial charge in [0.25, 0.3) is 0 Å². The number of nitrogens with one attached hydrogen (secondary N) is 3. The Morgan fingerprint density at radius 3 is 1.90 bits per heavy atom. The maximum atomic E-state index is 13.2. The van der Waals surface area contributed by atoms with E-state index in [1.165, 1.54) is 24.3 Å². The number of carbonyl (C=O) groups excluding carboxylic acids is 3. The Labute approximate surface area is 243 Å². The van der Waals surface area contributed by atoms with Crippen molar-refractivity contribution in [3.05, 3.63) is 29.8 Å². The van der Waals surface area contributed by atoms with Gasteiger partial charge in [-0.15, -0.1) is 0 Å². The van der Waals surface area contributed by atoms with Gasteiger partial charge in [-0.1, -0.05) is 12.1 Å². The molecule has 4 atom stereocenters. The van der Waals surface area contributed by atoms with Crippen LogP contribution < -0.4 is 38.9 Å². The maximum absolute atomic E-state index is 13.2. The first-order valence-electron chi connectivity index (χ1n) is 13.5. The molecule has 0 radical (unpaired) electrons. The van der Waals surface area contributed by atoms with E-state index < -0.39 is 60.2 Å². The number of hydrogen-bond donors (Lipinski definition) is 10. The minimum atomic E-state index is -1.42. The molecule has 1 aromatic carbocycles. The third-order valence-electron chi connectivity index (χ3n) is 6.15. The predicted octanol–water partition coefficient (Wildman–Crippen LogP) is -2.15. The smallest absolute Gasteiger partial charge is 0.326 e. The van der Waals surface area contributed by atoms with Gasteiger partial charge in [0.15, 0.2) is 5.96 Å². The van der Waals surface area contributed by atoms with Crippen LogP contribution in [0.25, 0.3) is 0 Å². The summed E-state index contributed by atoms with van der Waals surface area (Å²) in [5, 5.41) is 35.6. The molecule has 234 valence electrons. The first-order valence-corrected chi connectivity index (χ1v) is 13.5. The van der Waals surface area contributed by atoms with Gasteiger partial charge in [-0.05, 0) is 62.8 Å². The number of hydrogen-bond acceptors (Lipinski definition) is 9. The van der Waals surface area contributed by atoms with Crippen LogP contribution >= 0.6 is 0 Å². The molecular formula is C26H42N8O8. The summed E-state index contributed by atoms with van der Waals surface area (Å²) >= 11 is 0. The van der Waals surface area contributed by atoms with E-state index >= 15 is 0 Å². The number of benzene rings is 1. The molecule has 0 saturated carbocycles. The van der Waals surface area contributed by atoms with Crippen LogP contribution in [-0.4, -0.2) is 88.2 Å². The fraction of sp³-hybridized carbons (Fsp3) is 0.538. The summed E-state index contributed by atoms with van der Waals surface area (Å²) in [6.45, 7) is 0.599. The van der Waals surface area contributed by atoms with Crippen molar-refractivity contribution in [2.45, 2.75) is 75.5 Å². The SMILES string of the molecule is NCCCCC(NC(=O)C(N)CCCN=C(N)N)C(=O)NC(CCC(=O)O)C(=O)NC(Cc1ccc(O)cc1)C(=O)O. The van der Waals surface area contributed by atoms with Gasteiger partial charge < -0.3 is 54.2 Å². The highest BCUT2D eigenvalue weighted by Gasteiger charge is 2.30. The lowest BCUT2D eigenvalue weighted by Crippen LogP contribution is -2.57. The maximum Gasteiger partial charge on any atom is 0.326 e. The van der Waals surface area contributed by atoms with Gasteiger partial charge in [-0.25, -0.2) is 4.79 Å². The van der Waals surface area contributed by atoms with Crippen molar-refractivity contribution in [2.24, 2.45) is 27.9 Å². The molecule has 4 unspecified atom stereocenters. The fourth-order valence-electron chi connectivity index (χ4n) is 3.84. The highest BCUT2D eigenvalue weighted by atomic mass is 16.4. The highest BCUT2D eigenvalue weighted by Crippen LogP contribution is 2.12. The number of rotatable bonds is 20. The van der Waals surface area contributed by atoms with E-state index in [4.69, 9.17) is 28.0 Å². The number of phenols is 1. The molecule has 16 heteroatoms. The van der Waals surface area contributed by atoms with Gasteiger partial charge in [0.05, 0.1) is 6.04 Å². The average molecular weight is 595 g/mol. The molecule has 0 fully saturated rings. The highest BCUT2D eigenvalue weighted by molar-refractivity contribution is 5.94. The van der Waals surface area contributed by atoms with Gasteiger partial charge in [0, 0.05) is 19.4 Å². The number of aliphatic imine (C=N–C) groups is 1. The number of carboxylic acids is 2. The molecule has 0 bridgehead atoms. The Balaban J connectivity index is 3.01. The van der Waals surface area contributed by atoms with Crippen molar-refractivity contribution in [3.63, 3.8) is 0 Å². The minimum absolute atomic E-state index is 0.0221. The molecule has 3 amide bonds. The number of aliphatic carboxylic acids is 2. The second kappa shape index (κ2) is 18.8. The van der Waals surface area contributed by atoms with Crippen LogP contribution in [0.3, 0.4) is 0 Å². The topological polar surface area (TPSA) is 299 Å². The van der Waals surface area contributed by atoms with Crippen molar-refractivity contribution in [2.75, 3.05) is 13.1 Å². The molecule has 0 aliphatic heterocycles. The number of amides is 3. The summed E-state index contributed by atoms with van der Waals surface area (Å²) < 4.78 is 0. The number of nitrogens with zero attached hydrogens (tertiary/aromatic N) is 1. The molecule has 14 N–H and O–H groups in total. The van der Waals surface area contributed by atoms with E-state index in [9.17, 15) is 34.2 Å². The largest absolute Gasteiger partial charge is 0.508 e. The Morgan fingerprint density at radius 2 is 1.36 bits per heavy atom. The third kappa shape index (κ3) is 14.3. The zero-order valence-electron chi connectivity index (χ0n) is 23.3. The molecule has 16 nitrogen and oxygen atoms in total. The average Bonchev–Trinajstić information content (AvgIpc) is 2.92. The normalized spacial score (nSPS) is 13.6. The lowest BCUT2D eigenvalue weighted by Gasteiger charge is -2.25. The summed E-state index contributed by atoms with van der Waals surface area (Å²) in [6.07, 6.45) is 0.801. The summed E-state index contributed by atoms with van der Waals surface area (Å²) in [5.41, 5.74) is 22.5. The predicted molar refractivity (Wildman–Crippen MR) is 153 cm³/mol. The zero-order valence-corrected chi connectivity index (χ0v) is 23.3. The molecule has 0 aromatic heterocycles. The van der Waals surface area contributed by atoms with E-state index in [1.54, 1.807) is 0 Å². The second-order valence-electron chi connectivity index (χ2n) is 9.66.